The first-order chi connectivity index (χ1) is 7.63. The molecule has 2 heteroatoms. The monoisotopic (exact) mass is 219 g/mol. The topological polar surface area (TPSA) is 21.3 Å². The first kappa shape index (κ1) is 11.5. The van der Waals surface area contributed by atoms with Crippen LogP contribution in [0.15, 0.2) is 24.3 Å². The van der Waals surface area contributed by atoms with Crippen LogP contribution in [0.25, 0.3) is 0 Å². The highest BCUT2D eigenvalue weighted by molar-refractivity contribution is 5.30. The standard InChI is InChI=1S/C14H21NO/c1-11(15-10-14(2)7-8-14)12-5-4-6-13(9-12)16-3/h4-6,9,11,15H,7-8,10H2,1-3H3. The van der Waals surface area contributed by atoms with Crippen molar-refractivity contribution in [3.63, 3.8) is 0 Å². The molecule has 0 bridgehead atoms. The largest absolute Gasteiger partial charge is 0.497 e. The summed E-state index contributed by atoms with van der Waals surface area (Å²) in [5.74, 6) is 0.934. The van der Waals surface area contributed by atoms with Gasteiger partial charge in [-0.1, -0.05) is 19.1 Å². The minimum atomic E-state index is 0.396. The zero-order valence-corrected chi connectivity index (χ0v) is 10.4. The molecule has 0 amide bonds. The van der Waals surface area contributed by atoms with Crippen LogP contribution in [0.1, 0.15) is 38.3 Å². The fraction of sp³-hybridized carbons (Fsp3) is 0.571. The Balaban J connectivity index is 1.94. The lowest BCUT2D eigenvalue weighted by atomic mass is 10.1. The maximum absolute atomic E-state index is 5.23. The lowest BCUT2D eigenvalue weighted by Gasteiger charge is -2.17. The molecule has 1 fully saturated rings. The Labute approximate surface area is 98.0 Å². The van der Waals surface area contributed by atoms with Gasteiger partial charge in [0.2, 0.25) is 0 Å². The number of methoxy groups -OCH3 is 1. The fourth-order valence-corrected chi connectivity index (χ4v) is 1.82. The van der Waals surface area contributed by atoms with Gasteiger partial charge in [-0.05, 0) is 42.9 Å². The molecule has 0 spiro atoms. The van der Waals surface area contributed by atoms with Crippen LogP contribution in [0.5, 0.6) is 5.75 Å². The average molecular weight is 219 g/mol. The van der Waals surface area contributed by atoms with Gasteiger partial charge in [-0.25, -0.2) is 0 Å². The summed E-state index contributed by atoms with van der Waals surface area (Å²) in [6.07, 6.45) is 2.73. The Bertz CT molecular complexity index is 358. The minimum absolute atomic E-state index is 0.396. The van der Waals surface area contributed by atoms with Gasteiger partial charge in [0, 0.05) is 12.6 Å². The molecule has 2 nitrogen and oxygen atoms in total. The van der Waals surface area contributed by atoms with Crippen molar-refractivity contribution in [3.8, 4) is 5.75 Å². The van der Waals surface area contributed by atoms with Gasteiger partial charge >= 0.3 is 0 Å². The maximum Gasteiger partial charge on any atom is 0.119 e. The summed E-state index contributed by atoms with van der Waals surface area (Å²) in [7, 11) is 1.71. The maximum atomic E-state index is 5.23. The molecule has 1 aliphatic rings. The molecule has 0 aromatic heterocycles. The van der Waals surface area contributed by atoms with E-state index in [1.54, 1.807) is 7.11 Å². The van der Waals surface area contributed by atoms with Crippen molar-refractivity contribution in [2.75, 3.05) is 13.7 Å². The first-order valence-electron chi connectivity index (χ1n) is 6.00. The quantitative estimate of drug-likeness (QED) is 0.821. The van der Waals surface area contributed by atoms with Gasteiger partial charge in [0.25, 0.3) is 0 Å². The zero-order chi connectivity index (χ0) is 11.6. The van der Waals surface area contributed by atoms with E-state index in [1.165, 1.54) is 18.4 Å². The second-order valence-electron chi connectivity index (χ2n) is 5.19. The molecule has 1 N–H and O–H groups in total. The van der Waals surface area contributed by atoms with Crippen molar-refractivity contribution in [3.05, 3.63) is 29.8 Å². The summed E-state index contributed by atoms with van der Waals surface area (Å²) in [5, 5.41) is 3.60. The highest BCUT2D eigenvalue weighted by Gasteiger charge is 2.36. The highest BCUT2D eigenvalue weighted by Crippen LogP contribution is 2.44. The van der Waals surface area contributed by atoms with Crippen molar-refractivity contribution in [1.82, 2.24) is 5.32 Å². The Hall–Kier alpha value is -1.02. The van der Waals surface area contributed by atoms with E-state index in [0.717, 1.165) is 12.3 Å². The molecule has 1 aliphatic carbocycles. The predicted octanol–water partition coefficient (Wildman–Crippen LogP) is 3.15. The van der Waals surface area contributed by atoms with Crippen LogP contribution in [-0.4, -0.2) is 13.7 Å². The third kappa shape index (κ3) is 2.76. The SMILES string of the molecule is COc1cccc(C(C)NCC2(C)CC2)c1. The van der Waals surface area contributed by atoms with Gasteiger partial charge in [-0.2, -0.15) is 0 Å². The lowest BCUT2D eigenvalue weighted by Crippen LogP contribution is -2.25. The van der Waals surface area contributed by atoms with E-state index in [9.17, 15) is 0 Å². The number of ether oxygens (including phenoxy) is 1. The normalized spacial score (nSPS) is 19.2. The van der Waals surface area contributed by atoms with Gasteiger partial charge in [0.1, 0.15) is 5.75 Å². The zero-order valence-electron chi connectivity index (χ0n) is 10.4. The van der Waals surface area contributed by atoms with Crippen LogP contribution in [0, 0.1) is 5.41 Å². The summed E-state index contributed by atoms with van der Waals surface area (Å²) in [6.45, 7) is 5.67. The van der Waals surface area contributed by atoms with Crippen LogP contribution in [-0.2, 0) is 0 Å². The molecule has 0 heterocycles. The van der Waals surface area contributed by atoms with E-state index in [4.69, 9.17) is 4.74 Å². The van der Waals surface area contributed by atoms with E-state index in [0.29, 0.717) is 11.5 Å². The van der Waals surface area contributed by atoms with Crippen molar-refractivity contribution in [2.45, 2.75) is 32.7 Å². The average Bonchev–Trinajstić information content (AvgIpc) is 3.05. The number of hydrogen-bond acceptors (Lipinski definition) is 2. The molecule has 0 aliphatic heterocycles. The summed E-state index contributed by atoms with van der Waals surface area (Å²) >= 11 is 0. The molecule has 1 aromatic carbocycles. The Kier molecular flexibility index (Phi) is 3.20. The molecule has 2 rings (SSSR count). The first-order valence-corrected chi connectivity index (χ1v) is 6.00. The van der Waals surface area contributed by atoms with Crippen molar-refractivity contribution in [1.29, 1.82) is 0 Å². The molecule has 88 valence electrons. The van der Waals surface area contributed by atoms with E-state index in [-0.39, 0.29) is 0 Å². The second-order valence-corrected chi connectivity index (χ2v) is 5.19. The molecular weight excluding hydrogens is 198 g/mol. The van der Waals surface area contributed by atoms with E-state index in [2.05, 4.69) is 31.3 Å². The Morgan fingerprint density at radius 3 is 2.81 bits per heavy atom. The molecule has 1 unspecified atom stereocenters. The molecule has 1 saturated carbocycles. The van der Waals surface area contributed by atoms with Crippen LogP contribution in [0.4, 0.5) is 0 Å². The molecule has 1 atom stereocenters. The summed E-state index contributed by atoms with van der Waals surface area (Å²) in [4.78, 5) is 0. The van der Waals surface area contributed by atoms with Gasteiger partial charge in [-0.3, -0.25) is 0 Å². The Morgan fingerprint density at radius 2 is 2.19 bits per heavy atom. The highest BCUT2D eigenvalue weighted by atomic mass is 16.5. The number of rotatable bonds is 5. The Morgan fingerprint density at radius 1 is 1.44 bits per heavy atom. The van der Waals surface area contributed by atoms with Crippen LogP contribution < -0.4 is 10.1 Å². The van der Waals surface area contributed by atoms with Gasteiger partial charge in [-0.15, -0.1) is 0 Å². The van der Waals surface area contributed by atoms with Crippen LogP contribution in [0.3, 0.4) is 0 Å². The summed E-state index contributed by atoms with van der Waals surface area (Å²) in [5.41, 5.74) is 1.86. The smallest absolute Gasteiger partial charge is 0.119 e. The van der Waals surface area contributed by atoms with Gasteiger partial charge in [0.05, 0.1) is 7.11 Å². The van der Waals surface area contributed by atoms with Crippen molar-refractivity contribution < 1.29 is 4.74 Å². The molecule has 1 aromatic rings. The van der Waals surface area contributed by atoms with Crippen molar-refractivity contribution in [2.24, 2.45) is 5.41 Å². The second kappa shape index (κ2) is 4.46. The molecule has 0 saturated heterocycles. The lowest BCUT2D eigenvalue weighted by molar-refractivity contribution is 0.412. The number of nitrogens with one attached hydrogen (secondary N) is 1. The summed E-state index contributed by atoms with van der Waals surface area (Å²) in [6, 6.07) is 8.68. The van der Waals surface area contributed by atoms with Crippen molar-refractivity contribution >= 4 is 0 Å². The van der Waals surface area contributed by atoms with Crippen LogP contribution >= 0.6 is 0 Å². The van der Waals surface area contributed by atoms with Gasteiger partial charge < -0.3 is 10.1 Å². The van der Waals surface area contributed by atoms with E-state index < -0.39 is 0 Å². The third-order valence-electron chi connectivity index (χ3n) is 3.53. The molecule has 0 radical (unpaired) electrons. The third-order valence-corrected chi connectivity index (χ3v) is 3.53. The number of hydrogen-bond donors (Lipinski definition) is 1. The van der Waals surface area contributed by atoms with Crippen LogP contribution in [0.2, 0.25) is 0 Å². The van der Waals surface area contributed by atoms with E-state index in [1.807, 2.05) is 12.1 Å². The minimum Gasteiger partial charge on any atom is -0.497 e. The molecule has 16 heavy (non-hydrogen) atoms. The fourth-order valence-electron chi connectivity index (χ4n) is 1.82. The predicted molar refractivity (Wildman–Crippen MR) is 66.8 cm³/mol. The van der Waals surface area contributed by atoms with Gasteiger partial charge in [0.15, 0.2) is 0 Å². The summed E-state index contributed by atoms with van der Waals surface area (Å²) < 4.78 is 5.23. The van der Waals surface area contributed by atoms with E-state index >= 15 is 0 Å². The molecular formula is C14H21NO. The number of benzene rings is 1.